The highest BCUT2D eigenvalue weighted by Crippen LogP contribution is 2.35. The molecular formula is C21H18N4O2S3. The van der Waals surface area contributed by atoms with Gasteiger partial charge in [-0.2, -0.15) is 5.10 Å². The lowest BCUT2D eigenvalue weighted by Crippen LogP contribution is -2.31. The number of carbonyl (C=O) groups excluding carboxylic acids is 1. The summed E-state index contributed by atoms with van der Waals surface area (Å²) in [5.41, 5.74) is 1.38. The molecule has 0 saturated heterocycles. The third kappa shape index (κ3) is 4.81. The van der Waals surface area contributed by atoms with Crippen LogP contribution in [0.4, 0.5) is 0 Å². The van der Waals surface area contributed by atoms with Crippen molar-refractivity contribution in [2.24, 2.45) is 0 Å². The molecule has 0 radical (unpaired) electrons. The standard InChI is InChI=1S/C21H18N4O2S3/c1-14-20(30-21(23-14)17-5-3-13-29-17)16-7-9-19(27)25(24-16)11-10-22-18(26)8-6-15-4-2-12-28-15/h2-9,12-13H,10-11H2,1H3,(H,22,26). The highest BCUT2D eigenvalue weighted by Gasteiger charge is 2.14. The zero-order chi connectivity index (χ0) is 20.9. The van der Waals surface area contributed by atoms with Gasteiger partial charge in [0.2, 0.25) is 5.91 Å². The zero-order valence-electron chi connectivity index (χ0n) is 16.1. The van der Waals surface area contributed by atoms with E-state index in [9.17, 15) is 9.59 Å². The second-order valence-corrected chi connectivity index (χ2v) is 9.26. The average molecular weight is 455 g/mol. The van der Waals surface area contributed by atoms with Crippen LogP contribution in [-0.4, -0.2) is 27.2 Å². The number of nitrogens with one attached hydrogen (secondary N) is 1. The Kier molecular flexibility index (Phi) is 6.32. The number of amides is 1. The first kappa shape index (κ1) is 20.4. The Balaban J connectivity index is 1.44. The number of nitrogens with zero attached hydrogens (tertiary/aromatic N) is 3. The summed E-state index contributed by atoms with van der Waals surface area (Å²) in [7, 11) is 0. The van der Waals surface area contributed by atoms with E-state index in [0.717, 1.165) is 25.3 Å². The number of aromatic nitrogens is 3. The number of hydrogen-bond donors (Lipinski definition) is 1. The minimum absolute atomic E-state index is 0.202. The molecule has 1 amide bonds. The number of thiophene rings is 2. The molecule has 4 heterocycles. The van der Waals surface area contributed by atoms with Crippen molar-refractivity contribution >= 4 is 46.0 Å². The van der Waals surface area contributed by atoms with Gasteiger partial charge in [0.25, 0.3) is 5.56 Å². The summed E-state index contributed by atoms with van der Waals surface area (Å²) in [6, 6.07) is 11.1. The Hall–Kier alpha value is -2.88. The van der Waals surface area contributed by atoms with Gasteiger partial charge in [0.15, 0.2) is 0 Å². The molecule has 30 heavy (non-hydrogen) atoms. The summed E-state index contributed by atoms with van der Waals surface area (Å²) in [6.07, 6.45) is 3.26. The lowest BCUT2D eigenvalue weighted by atomic mass is 10.3. The Labute approximate surface area is 185 Å². The van der Waals surface area contributed by atoms with Gasteiger partial charge in [0.05, 0.1) is 22.0 Å². The van der Waals surface area contributed by atoms with E-state index >= 15 is 0 Å². The molecule has 0 aliphatic rings. The third-order valence-corrected chi connectivity index (χ3v) is 7.25. The summed E-state index contributed by atoms with van der Waals surface area (Å²) in [6.45, 7) is 2.55. The second kappa shape index (κ2) is 9.29. The minimum atomic E-state index is -0.206. The summed E-state index contributed by atoms with van der Waals surface area (Å²) in [5.74, 6) is -0.202. The van der Waals surface area contributed by atoms with Gasteiger partial charge in [0.1, 0.15) is 10.7 Å². The molecule has 0 unspecified atom stereocenters. The van der Waals surface area contributed by atoms with Gasteiger partial charge in [-0.3, -0.25) is 9.59 Å². The molecule has 9 heteroatoms. The van der Waals surface area contributed by atoms with Gasteiger partial charge >= 0.3 is 0 Å². The first-order valence-corrected chi connectivity index (χ1v) is 11.8. The van der Waals surface area contributed by atoms with Crippen molar-refractivity contribution in [3.8, 4) is 20.5 Å². The first-order chi connectivity index (χ1) is 14.6. The molecule has 1 N–H and O–H groups in total. The Bertz CT molecular complexity index is 1220. The maximum absolute atomic E-state index is 12.2. The Morgan fingerprint density at radius 2 is 2.00 bits per heavy atom. The monoisotopic (exact) mass is 454 g/mol. The Morgan fingerprint density at radius 1 is 1.17 bits per heavy atom. The van der Waals surface area contributed by atoms with Crippen LogP contribution in [0.1, 0.15) is 10.6 Å². The van der Waals surface area contributed by atoms with Gasteiger partial charge < -0.3 is 5.32 Å². The molecule has 0 bridgehead atoms. The van der Waals surface area contributed by atoms with Crippen molar-refractivity contribution in [2.75, 3.05) is 6.54 Å². The molecule has 0 atom stereocenters. The van der Waals surface area contributed by atoms with Gasteiger partial charge in [-0.15, -0.1) is 34.0 Å². The largest absolute Gasteiger partial charge is 0.351 e. The fraction of sp³-hybridized carbons (Fsp3) is 0.143. The van der Waals surface area contributed by atoms with Crippen molar-refractivity contribution in [3.63, 3.8) is 0 Å². The number of hydrogen-bond acceptors (Lipinski definition) is 7. The summed E-state index contributed by atoms with van der Waals surface area (Å²) in [4.78, 5) is 31.9. The highest BCUT2D eigenvalue weighted by atomic mass is 32.1. The van der Waals surface area contributed by atoms with E-state index in [-0.39, 0.29) is 11.5 Å². The van der Waals surface area contributed by atoms with E-state index in [0.29, 0.717) is 18.8 Å². The summed E-state index contributed by atoms with van der Waals surface area (Å²) < 4.78 is 1.38. The van der Waals surface area contributed by atoms with E-state index in [2.05, 4.69) is 15.4 Å². The van der Waals surface area contributed by atoms with E-state index < -0.39 is 0 Å². The van der Waals surface area contributed by atoms with Crippen LogP contribution in [0.25, 0.3) is 26.5 Å². The van der Waals surface area contributed by atoms with E-state index in [1.807, 2.05) is 41.9 Å². The fourth-order valence-corrected chi connectivity index (χ4v) is 5.20. The van der Waals surface area contributed by atoms with Gasteiger partial charge in [-0.1, -0.05) is 12.1 Å². The first-order valence-electron chi connectivity index (χ1n) is 9.19. The van der Waals surface area contributed by atoms with Crippen LogP contribution in [0.15, 0.2) is 58.0 Å². The predicted molar refractivity (Wildman–Crippen MR) is 124 cm³/mol. The van der Waals surface area contributed by atoms with Crippen molar-refractivity contribution in [1.82, 2.24) is 20.1 Å². The van der Waals surface area contributed by atoms with Gasteiger partial charge in [-0.05, 0) is 42.0 Å². The molecule has 4 rings (SSSR count). The SMILES string of the molecule is Cc1nc(-c2cccs2)sc1-c1ccc(=O)n(CCNC(=O)C=Cc2cccs2)n1. The minimum Gasteiger partial charge on any atom is -0.351 e. The third-order valence-electron chi connectivity index (χ3n) is 4.19. The molecule has 0 fully saturated rings. The fourth-order valence-electron chi connectivity index (χ4n) is 2.76. The summed E-state index contributed by atoms with van der Waals surface area (Å²) >= 11 is 4.77. The lowest BCUT2D eigenvalue weighted by molar-refractivity contribution is -0.116. The van der Waals surface area contributed by atoms with E-state index in [4.69, 9.17) is 0 Å². The summed E-state index contributed by atoms with van der Waals surface area (Å²) in [5, 5.41) is 12.2. The van der Waals surface area contributed by atoms with Gasteiger partial charge in [0, 0.05) is 23.6 Å². The maximum Gasteiger partial charge on any atom is 0.266 e. The zero-order valence-corrected chi connectivity index (χ0v) is 18.5. The van der Waals surface area contributed by atoms with Crippen LogP contribution in [0.5, 0.6) is 0 Å². The van der Waals surface area contributed by atoms with Crippen molar-refractivity contribution in [2.45, 2.75) is 13.5 Å². The molecule has 4 aromatic heterocycles. The number of thiazole rings is 1. The molecule has 4 aromatic rings. The Morgan fingerprint density at radius 3 is 2.77 bits per heavy atom. The molecule has 0 saturated carbocycles. The molecule has 0 aliphatic heterocycles. The quantitative estimate of drug-likeness (QED) is 0.423. The number of aryl methyl sites for hydroxylation is 1. The van der Waals surface area contributed by atoms with Crippen LogP contribution in [0.3, 0.4) is 0 Å². The molecule has 6 nitrogen and oxygen atoms in total. The molecular weight excluding hydrogens is 436 g/mol. The molecule has 0 spiro atoms. The topological polar surface area (TPSA) is 76.9 Å². The lowest BCUT2D eigenvalue weighted by Gasteiger charge is -2.07. The smallest absolute Gasteiger partial charge is 0.266 e. The van der Waals surface area contributed by atoms with Crippen molar-refractivity contribution in [1.29, 1.82) is 0 Å². The van der Waals surface area contributed by atoms with E-state index in [1.165, 1.54) is 16.8 Å². The maximum atomic E-state index is 12.2. The van der Waals surface area contributed by atoms with Crippen LogP contribution in [0, 0.1) is 6.92 Å². The average Bonchev–Trinajstić information content (AvgIpc) is 3.50. The normalized spacial score (nSPS) is 11.2. The van der Waals surface area contributed by atoms with Crippen molar-refractivity contribution in [3.05, 3.63) is 74.2 Å². The molecule has 152 valence electrons. The second-order valence-electron chi connectivity index (χ2n) is 6.33. The number of carbonyl (C=O) groups is 1. The number of rotatable bonds is 7. The van der Waals surface area contributed by atoms with Crippen LogP contribution in [-0.2, 0) is 11.3 Å². The molecule has 0 aliphatic carbocycles. The molecule has 0 aromatic carbocycles. The van der Waals surface area contributed by atoms with Crippen LogP contribution >= 0.6 is 34.0 Å². The van der Waals surface area contributed by atoms with Crippen molar-refractivity contribution < 1.29 is 4.79 Å². The van der Waals surface area contributed by atoms with Crippen LogP contribution in [0.2, 0.25) is 0 Å². The highest BCUT2D eigenvalue weighted by molar-refractivity contribution is 7.23. The van der Waals surface area contributed by atoms with Crippen LogP contribution < -0.4 is 10.9 Å². The van der Waals surface area contributed by atoms with E-state index in [1.54, 1.807) is 46.2 Å². The van der Waals surface area contributed by atoms with Gasteiger partial charge in [-0.25, -0.2) is 9.67 Å². The predicted octanol–water partition coefficient (Wildman–Crippen LogP) is 4.29.